The third-order valence-corrected chi connectivity index (χ3v) is 4.05. The molecule has 0 aliphatic rings. The van der Waals surface area contributed by atoms with Crippen molar-refractivity contribution in [2.45, 2.75) is 13.5 Å². The Bertz CT molecular complexity index is 670. The van der Waals surface area contributed by atoms with Crippen LogP contribution in [0.5, 0.6) is 0 Å². The van der Waals surface area contributed by atoms with Crippen LogP contribution in [0.4, 0.5) is 0 Å². The van der Waals surface area contributed by atoms with Gasteiger partial charge < -0.3 is 14.4 Å². The van der Waals surface area contributed by atoms with Crippen molar-refractivity contribution in [1.29, 1.82) is 0 Å². The summed E-state index contributed by atoms with van der Waals surface area (Å²) in [5.74, 6) is -0.412. The Morgan fingerprint density at radius 1 is 1.48 bits per heavy atom. The lowest BCUT2D eigenvalue weighted by Crippen LogP contribution is -2.25. The average Bonchev–Trinajstić information content (AvgIpc) is 3.05. The van der Waals surface area contributed by atoms with Crippen LogP contribution >= 0.6 is 11.3 Å². The van der Waals surface area contributed by atoms with Crippen LogP contribution in [-0.4, -0.2) is 28.9 Å². The van der Waals surface area contributed by atoms with E-state index in [-0.39, 0.29) is 5.91 Å². The van der Waals surface area contributed by atoms with E-state index in [1.54, 1.807) is 30.3 Å². The molecule has 21 heavy (non-hydrogen) atoms. The van der Waals surface area contributed by atoms with E-state index in [4.69, 9.17) is 9.52 Å². The van der Waals surface area contributed by atoms with E-state index in [9.17, 15) is 9.59 Å². The van der Waals surface area contributed by atoms with E-state index in [2.05, 4.69) is 0 Å². The van der Waals surface area contributed by atoms with Gasteiger partial charge >= 0.3 is 5.97 Å². The van der Waals surface area contributed by atoms with Crippen LogP contribution in [0.25, 0.3) is 6.08 Å². The molecule has 2 aromatic rings. The van der Waals surface area contributed by atoms with Crippen LogP contribution < -0.4 is 0 Å². The topological polar surface area (TPSA) is 70.8 Å². The summed E-state index contributed by atoms with van der Waals surface area (Å²) in [5.41, 5.74) is 0.882. The molecule has 2 heterocycles. The molecule has 0 aliphatic carbocycles. The monoisotopic (exact) mass is 305 g/mol. The molecule has 110 valence electrons. The van der Waals surface area contributed by atoms with Crippen molar-refractivity contribution in [2.24, 2.45) is 0 Å². The molecule has 2 rings (SSSR count). The number of aliphatic carboxylic acids is 1. The second-order valence-electron chi connectivity index (χ2n) is 4.57. The molecule has 5 nitrogen and oxygen atoms in total. The van der Waals surface area contributed by atoms with Gasteiger partial charge in [-0.15, -0.1) is 11.3 Å². The lowest BCUT2D eigenvalue weighted by atomic mass is 10.2. The number of carboxylic acid groups (broad SMARTS) is 1. The fourth-order valence-corrected chi connectivity index (χ4v) is 2.88. The normalized spacial score (nSPS) is 11.0. The van der Waals surface area contributed by atoms with Gasteiger partial charge in [0.15, 0.2) is 0 Å². The highest BCUT2D eigenvalue weighted by Crippen LogP contribution is 2.24. The summed E-state index contributed by atoms with van der Waals surface area (Å²) in [6.07, 6.45) is 4.14. The van der Waals surface area contributed by atoms with Gasteiger partial charge in [0.25, 0.3) is 5.91 Å². The van der Waals surface area contributed by atoms with Crippen LogP contribution in [-0.2, 0) is 11.3 Å². The molecule has 0 spiro atoms. The smallest absolute Gasteiger partial charge is 0.328 e. The minimum Gasteiger partial charge on any atom is -0.478 e. The molecule has 0 saturated carbocycles. The first-order chi connectivity index (χ1) is 9.97. The van der Waals surface area contributed by atoms with Gasteiger partial charge in [-0.05, 0) is 36.8 Å². The third kappa shape index (κ3) is 3.82. The maximum Gasteiger partial charge on any atom is 0.328 e. The third-order valence-electron chi connectivity index (χ3n) is 2.86. The first-order valence-corrected chi connectivity index (χ1v) is 7.08. The zero-order valence-electron chi connectivity index (χ0n) is 11.7. The van der Waals surface area contributed by atoms with Crippen molar-refractivity contribution in [3.8, 4) is 0 Å². The highest BCUT2D eigenvalue weighted by molar-refractivity contribution is 7.15. The Morgan fingerprint density at radius 2 is 2.24 bits per heavy atom. The van der Waals surface area contributed by atoms with Crippen molar-refractivity contribution in [3.05, 3.63) is 51.6 Å². The molecule has 0 atom stereocenters. The predicted octanol–water partition coefficient (Wildman–Crippen LogP) is 3.02. The molecule has 6 heteroatoms. The van der Waals surface area contributed by atoms with Crippen molar-refractivity contribution >= 4 is 29.3 Å². The first-order valence-electron chi connectivity index (χ1n) is 6.26. The number of aryl methyl sites for hydroxylation is 1. The van der Waals surface area contributed by atoms with Gasteiger partial charge in [-0.2, -0.15) is 0 Å². The molecular formula is C15H15NO4S. The Balaban J connectivity index is 2.12. The molecule has 0 aliphatic heterocycles. The maximum atomic E-state index is 12.3. The van der Waals surface area contributed by atoms with E-state index in [1.165, 1.54) is 17.4 Å². The molecule has 1 N–H and O–H groups in total. The lowest BCUT2D eigenvalue weighted by Gasteiger charge is -2.14. The maximum absolute atomic E-state index is 12.3. The molecule has 0 saturated heterocycles. The highest BCUT2D eigenvalue weighted by atomic mass is 32.1. The number of rotatable bonds is 5. The Morgan fingerprint density at radius 3 is 2.86 bits per heavy atom. The van der Waals surface area contributed by atoms with Gasteiger partial charge in [0, 0.05) is 18.0 Å². The van der Waals surface area contributed by atoms with Crippen LogP contribution in [0.3, 0.4) is 0 Å². The number of thiophene rings is 1. The zero-order valence-corrected chi connectivity index (χ0v) is 12.5. The molecule has 1 amide bonds. The van der Waals surface area contributed by atoms with Crippen molar-refractivity contribution in [2.75, 3.05) is 7.05 Å². The van der Waals surface area contributed by atoms with Crippen molar-refractivity contribution in [1.82, 2.24) is 4.90 Å². The van der Waals surface area contributed by atoms with Crippen LogP contribution in [0.15, 0.2) is 35.0 Å². The van der Waals surface area contributed by atoms with E-state index in [0.717, 1.165) is 16.5 Å². The van der Waals surface area contributed by atoms with E-state index in [0.29, 0.717) is 17.2 Å². The predicted molar refractivity (Wildman–Crippen MR) is 80.2 cm³/mol. The van der Waals surface area contributed by atoms with Crippen LogP contribution in [0.1, 0.15) is 25.9 Å². The molecular weight excluding hydrogens is 290 g/mol. The summed E-state index contributed by atoms with van der Waals surface area (Å²) in [7, 11) is 1.70. The summed E-state index contributed by atoms with van der Waals surface area (Å²) in [4.78, 5) is 25.8. The largest absolute Gasteiger partial charge is 0.478 e. The van der Waals surface area contributed by atoms with Gasteiger partial charge in [-0.25, -0.2) is 4.79 Å². The van der Waals surface area contributed by atoms with E-state index >= 15 is 0 Å². The molecule has 0 fully saturated rings. The van der Waals surface area contributed by atoms with E-state index < -0.39 is 5.97 Å². The quantitative estimate of drug-likeness (QED) is 0.862. The van der Waals surface area contributed by atoms with Gasteiger partial charge in [0.1, 0.15) is 5.76 Å². The number of carbonyl (C=O) groups excluding carboxylic acids is 1. The van der Waals surface area contributed by atoms with Crippen molar-refractivity contribution < 1.29 is 19.1 Å². The van der Waals surface area contributed by atoms with Crippen LogP contribution in [0, 0.1) is 6.92 Å². The Kier molecular flexibility index (Phi) is 4.59. The molecule has 0 radical (unpaired) electrons. The van der Waals surface area contributed by atoms with E-state index in [1.807, 2.05) is 13.0 Å². The standard InChI is InChI=1S/C15H15NO4S/c1-10-8-13(21-12(10)5-6-14(17)18)15(19)16(2)9-11-4-3-7-20-11/h3-8H,9H2,1-2H3,(H,17,18)/b6-5+. The SMILES string of the molecule is Cc1cc(C(=O)N(C)Cc2ccco2)sc1/C=C/C(=O)O. The number of amides is 1. The van der Waals surface area contributed by atoms with Gasteiger partial charge in [0.05, 0.1) is 17.7 Å². The summed E-state index contributed by atoms with van der Waals surface area (Å²) in [6.45, 7) is 2.24. The number of hydrogen-bond donors (Lipinski definition) is 1. The summed E-state index contributed by atoms with van der Waals surface area (Å²) < 4.78 is 5.22. The molecule has 2 aromatic heterocycles. The molecule has 0 bridgehead atoms. The summed E-state index contributed by atoms with van der Waals surface area (Å²) >= 11 is 1.28. The number of hydrogen-bond acceptors (Lipinski definition) is 4. The van der Waals surface area contributed by atoms with Gasteiger partial charge in [-0.3, -0.25) is 4.79 Å². The Labute approximate surface area is 126 Å². The first kappa shape index (κ1) is 15.1. The highest BCUT2D eigenvalue weighted by Gasteiger charge is 2.16. The fraction of sp³-hybridized carbons (Fsp3) is 0.200. The number of carbonyl (C=O) groups is 2. The van der Waals surface area contributed by atoms with Crippen LogP contribution in [0.2, 0.25) is 0 Å². The average molecular weight is 305 g/mol. The Hall–Kier alpha value is -2.34. The number of nitrogens with zero attached hydrogens (tertiary/aromatic N) is 1. The van der Waals surface area contributed by atoms with Crippen molar-refractivity contribution in [3.63, 3.8) is 0 Å². The number of furan rings is 1. The van der Waals surface area contributed by atoms with Gasteiger partial charge in [0.2, 0.25) is 0 Å². The zero-order chi connectivity index (χ0) is 15.4. The molecule has 0 unspecified atom stereocenters. The second-order valence-corrected chi connectivity index (χ2v) is 5.65. The minimum absolute atomic E-state index is 0.116. The lowest BCUT2D eigenvalue weighted by molar-refractivity contribution is -0.131. The molecule has 0 aromatic carbocycles. The number of carboxylic acids is 1. The second kappa shape index (κ2) is 6.41. The summed E-state index contributed by atoms with van der Waals surface area (Å²) in [6, 6.07) is 5.36. The minimum atomic E-state index is -1.01. The fourth-order valence-electron chi connectivity index (χ4n) is 1.81. The summed E-state index contributed by atoms with van der Waals surface area (Å²) in [5, 5.41) is 8.65. The van der Waals surface area contributed by atoms with Gasteiger partial charge in [-0.1, -0.05) is 0 Å².